The van der Waals surface area contributed by atoms with Gasteiger partial charge in [-0.05, 0) is 37.8 Å². The van der Waals surface area contributed by atoms with Gasteiger partial charge in [0.15, 0.2) is 19.5 Å². The van der Waals surface area contributed by atoms with Crippen LogP contribution in [0.2, 0.25) is 12.1 Å². The topological polar surface area (TPSA) is 18.5 Å². The van der Waals surface area contributed by atoms with Gasteiger partial charge >= 0.3 is 0 Å². The van der Waals surface area contributed by atoms with Crippen LogP contribution >= 0.6 is 0 Å². The van der Waals surface area contributed by atoms with E-state index < -0.39 is 0 Å². The van der Waals surface area contributed by atoms with Crippen LogP contribution in [-0.2, 0) is 8.85 Å². The van der Waals surface area contributed by atoms with E-state index in [9.17, 15) is 0 Å². The highest BCUT2D eigenvalue weighted by atomic mass is 28.2. The minimum absolute atomic E-state index is 0.299. The van der Waals surface area contributed by atoms with E-state index in [1.165, 1.54) is 95.6 Å². The Labute approximate surface area is 164 Å². The summed E-state index contributed by atoms with van der Waals surface area (Å²) in [6, 6.07) is 2.72. The fourth-order valence-electron chi connectivity index (χ4n) is 3.23. The van der Waals surface area contributed by atoms with Crippen molar-refractivity contribution in [1.82, 2.24) is 0 Å². The molecule has 0 rings (SSSR count). The molecule has 0 atom stereocenters. The van der Waals surface area contributed by atoms with Crippen molar-refractivity contribution in [3.8, 4) is 0 Å². The summed E-state index contributed by atoms with van der Waals surface area (Å²) in [5.74, 6) is 0. The number of hydrogen-bond donors (Lipinski definition) is 0. The molecule has 4 heteroatoms. The lowest BCUT2D eigenvalue weighted by Crippen LogP contribution is -2.17. The zero-order valence-corrected chi connectivity index (χ0v) is 20.8. The summed E-state index contributed by atoms with van der Waals surface area (Å²) in [5, 5.41) is 0. The first-order valence-electron chi connectivity index (χ1n) is 11.5. The Bertz CT molecular complexity index is 212. The fraction of sp³-hybridized carbons (Fsp3) is 1.00. The van der Waals surface area contributed by atoms with Gasteiger partial charge in [-0.3, -0.25) is 0 Å². The van der Waals surface area contributed by atoms with Gasteiger partial charge in [0, 0.05) is 12.2 Å². The zero-order chi connectivity index (χ0) is 18.6. The predicted octanol–water partition coefficient (Wildman–Crippen LogP) is 5.91. The summed E-state index contributed by atoms with van der Waals surface area (Å²) in [5.41, 5.74) is 0. The van der Waals surface area contributed by atoms with Crippen molar-refractivity contribution in [3.05, 3.63) is 0 Å². The molecule has 0 radical (unpaired) electrons. The summed E-state index contributed by atoms with van der Waals surface area (Å²) < 4.78 is 12.6. The van der Waals surface area contributed by atoms with Gasteiger partial charge in [0.1, 0.15) is 0 Å². The van der Waals surface area contributed by atoms with Crippen molar-refractivity contribution < 1.29 is 8.85 Å². The molecular formula is C21H48O2Si2. The van der Waals surface area contributed by atoms with Crippen LogP contribution in [0.3, 0.4) is 0 Å². The molecule has 0 aromatic carbocycles. The molecule has 0 fully saturated rings. The lowest BCUT2D eigenvalue weighted by molar-refractivity contribution is 0.181. The van der Waals surface area contributed by atoms with Crippen LogP contribution in [0.4, 0.5) is 0 Å². The molecule has 0 aliphatic heterocycles. The van der Waals surface area contributed by atoms with Crippen molar-refractivity contribution in [1.29, 1.82) is 0 Å². The molecule has 0 aromatic rings. The van der Waals surface area contributed by atoms with Crippen LogP contribution < -0.4 is 0 Å². The summed E-state index contributed by atoms with van der Waals surface area (Å²) >= 11 is 0. The Morgan fingerprint density at radius 1 is 0.520 bits per heavy atom. The third-order valence-corrected chi connectivity index (χ3v) is 8.01. The lowest BCUT2D eigenvalue weighted by Gasteiger charge is -2.19. The van der Waals surface area contributed by atoms with Crippen molar-refractivity contribution >= 4 is 19.5 Å². The standard InChI is InChI=1S/C21H48O2Si2/c1-5-9-14-20(15-10-6-2)22-24-18-13-19-25-23-21(16-11-7-3)17-12-8-4/h20-21H,5-19,24-25H2,1-4H3. The van der Waals surface area contributed by atoms with Gasteiger partial charge in [0.05, 0.1) is 0 Å². The minimum Gasteiger partial charge on any atom is -0.421 e. The molecule has 2 nitrogen and oxygen atoms in total. The average molecular weight is 389 g/mol. The van der Waals surface area contributed by atoms with Crippen molar-refractivity contribution in [2.45, 2.75) is 135 Å². The van der Waals surface area contributed by atoms with E-state index in [2.05, 4.69) is 27.7 Å². The predicted molar refractivity (Wildman–Crippen MR) is 119 cm³/mol. The third-order valence-electron chi connectivity index (χ3n) is 5.01. The molecule has 0 aliphatic carbocycles. The molecule has 152 valence electrons. The minimum atomic E-state index is -0.299. The molecule has 0 aromatic heterocycles. The smallest absolute Gasteiger partial charge is 0.161 e. The quantitative estimate of drug-likeness (QED) is 0.190. The van der Waals surface area contributed by atoms with Gasteiger partial charge in [-0.1, -0.05) is 85.5 Å². The van der Waals surface area contributed by atoms with Crippen LogP contribution in [-0.4, -0.2) is 31.7 Å². The summed E-state index contributed by atoms with van der Waals surface area (Å²) in [6.45, 7) is 9.14. The Hall–Kier alpha value is 0.354. The van der Waals surface area contributed by atoms with Crippen molar-refractivity contribution in [3.63, 3.8) is 0 Å². The van der Waals surface area contributed by atoms with Gasteiger partial charge in [-0.25, -0.2) is 0 Å². The second kappa shape index (κ2) is 20.7. The van der Waals surface area contributed by atoms with E-state index in [-0.39, 0.29) is 19.5 Å². The van der Waals surface area contributed by atoms with Crippen molar-refractivity contribution in [2.75, 3.05) is 0 Å². The number of rotatable bonds is 20. The first-order valence-corrected chi connectivity index (χ1v) is 14.7. The molecule has 0 bridgehead atoms. The fourth-order valence-corrected chi connectivity index (χ4v) is 6.72. The van der Waals surface area contributed by atoms with E-state index >= 15 is 0 Å². The second-order valence-electron chi connectivity index (χ2n) is 7.62. The first-order chi connectivity index (χ1) is 12.3. The molecule has 0 heterocycles. The number of hydrogen-bond acceptors (Lipinski definition) is 2. The highest BCUT2D eigenvalue weighted by Gasteiger charge is 2.09. The third kappa shape index (κ3) is 17.5. The molecule has 0 spiro atoms. The lowest BCUT2D eigenvalue weighted by atomic mass is 10.1. The van der Waals surface area contributed by atoms with Crippen LogP contribution in [0.1, 0.15) is 111 Å². The molecule has 0 aliphatic rings. The zero-order valence-electron chi connectivity index (χ0n) is 18.0. The van der Waals surface area contributed by atoms with E-state index in [4.69, 9.17) is 8.85 Å². The molecule has 0 saturated carbocycles. The van der Waals surface area contributed by atoms with Crippen LogP contribution in [0, 0.1) is 0 Å². The molecule has 25 heavy (non-hydrogen) atoms. The van der Waals surface area contributed by atoms with Crippen LogP contribution in [0.5, 0.6) is 0 Å². The molecular weight excluding hydrogens is 340 g/mol. The Morgan fingerprint density at radius 3 is 1.12 bits per heavy atom. The van der Waals surface area contributed by atoms with E-state index in [0.29, 0.717) is 12.2 Å². The van der Waals surface area contributed by atoms with Gasteiger partial charge in [0.25, 0.3) is 0 Å². The maximum atomic E-state index is 6.29. The van der Waals surface area contributed by atoms with Crippen LogP contribution in [0.25, 0.3) is 0 Å². The first kappa shape index (κ1) is 25.4. The normalized spacial score (nSPS) is 12.7. The van der Waals surface area contributed by atoms with Gasteiger partial charge in [-0.2, -0.15) is 0 Å². The highest BCUT2D eigenvalue weighted by Crippen LogP contribution is 2.14. The maximum Gasteiger partial charge on any atom is 0.161 e. The van der Waals surface area contributed by atoms with Gasteiger partial charge < -0.3 is 8.85 Å². The van der Waals surface area contributed by atoms with Gasteiger partial charge in [-0.15, -0.1) is 0 Å². The molecule has 0 N–H and O–H groups in total. The monoisotopic (exact) mass is 388 g/mol. The Balaban J connectivity index is 3.69. The average Bonchev–Trinajstić information content (AvgIpc) is 2.63. The van der Waals surface area contributed by atoms with E-state index in [0.717, 1.165) is 0 Å². The molecule has 0 saturated heterocycles. The van der Waals surface area contributed by atoms with E-state index in [1.54, 1.807) is 0 Å². The summed E-state index contributed by atoms with van der Waals surface area (Å²) in [7, 11) is -0.599. The largest absolute Gasteiger partial charge is 0.421 e. The van der Waals surface area contributed by atoms with E-state index in [1.807, 2.05) is 0 Å². The number of unbranched alkanes of at least 4 members (excludes halogenated alkanes) is 4. The SMILES string of the molecule is CCCCC(CCCC)O[SiH2]CCC[SiH2]OC(CCCC)CCCC. The second-order valence-corrected chi connectivity index (χ2v) is 10.5. The van der Waals surface area contributed by atoms with Gasteiger partial charge in [0.2, 0.25) is 0 Å². The summed E-state index contributed by atoms with van der Waals surface area (Å²) in [6.07, 6.45) is 18.2. The molecule has 0 unspecified atom stereocenters. The Kier molecular flexibility index (Phi) is 21.0. The maximum absolute atomic E-state index is 6.29. The highest BCUT2D eigenvalue weighted by molar-refractivity contribution is 6.29. The van der Waals surface area contributed by atoms with Crippen molar-refractivity contribution in [2.24, 2.45) is 0 Å². The Morgan fingerprint density at radius 2 is 0.840 bits per heavy atom. The van der Waals surface area contributed by atoms with Crippen LogP contribution in [0.15, 0.2) is 0 Å². The summed E-state index contributed by atoms with van der Waals surface area (Å²) in [4.78, 5) is 0. The molecule has 0 amide bonds.